The molecule has 0 aliphatic heterocycles. The van der Waals surface area contributed by atoms with Gasteiger partial charge in [0.1, 0.15) is 5.82 Å². The summed E-state index contributed by atoms with van der Waals surface area (Å²) in [5, 5.41) is 7.32. The Morgan fingerprint density at radius 2 is 1.59 bits per heavy atom. The molecule has 0 saturated heterocycles. The van der Waals surface area contributed by atoms with E-state index in [1.807, 2.05) is 92.6 Å². The zero-order chi connectivity index (χ0) is 32.8. The van der Waals surface area contributed by atoms with Crippen molar-refractivity contribution in [3.05, 3.63) is 89.5 Å². The van der Waals surface area contributed by atoms with Crippen LogP contribution in [-0.2, 0) is 10.2 Å². The summed E-state index contributed by atoms with van der Waals surface area (Å²) in [4.78, 5) is 39.6. The summed E-state index contributed by atoms with van der Waals surface area (Å²) in [5.74, 6) is 1.87. The van der Waals surface area contributed by atoms with Crippen LogP contribution in [0.2, 0.25) is 0 Å². The van der Waals surface area contributed by atoms with Gasteiger partial charge in [0.05, 0.1) is 10.8 Å². The number of rotatable bonds is 11. The number of ketones is 1. The second-order valence-electron chi connectivity index (χ2n) is 13.8. The Kier molecular flexibility index (Phi) is 10.7. The molecule has 1 aromatic heterocycles. The first-order chi connectivity index (χ1) is 22.0. The number of benzene rings is 3. The Morgan fingerprint density at radius 1 is 0.913 bits per heavy atom. The maximum atomic E-state index is 13.6. The molecule has 5 rings (SSSR count). The zero-order valence-electron chi connectivity index (χ0n) is 28.0. The third-order valence-corrected chi connectivity index (χ3v) is 10.00. The van der Waals surface area contributed by atoms with Crippen LogP contribution in [0.25, 0.3) is 10.9 Å². The van der Waals surface area contributed by atoms with E-state index in [1.165, 1.54) is 17.3 Å². The van der Waals surface area contributed by atoms with Gasteiger partial charge in [-0.3, -0.25) is 9.59 Å². The molecule has 1 aliphatic rings. The van der Waals surface area contributed by atoms with E-state index in [2.05, 4.69) is 37.5 Å². The summed E-state index contributed by atoms with van der Waals surface area (Å²) in [6.45, 7) is 9.13. The molecule has 242 valence electrons. The molecule has 1 fully saturated rings. The first-order valence-electron chi connectivity index (χ1n) is 16.3. The number of hydrogen-bond acceptors (Lipinski definition) is 7. The van der Waals surface area contributed by atoms with Crippen LogP contribution in [0, 0.1) is 12.8 Å². The molecule has 0 spiro atoms. The number of aryl methyl sites for hydroxylation is 1. The Bertz CT molecular complexity index is 1640. The van der Waals surface area contributed by atoms with E-state index in [0.29, 0.717) is 24.0 Å². The fourth-order valence-electron chi connectivity index (χ4n) is 5.93. The van der Waals surface area contributed by atoms with Crippen molar-refractivity contribution in [2.24, 2.45) is 5.92 Å². The number of fused-ring (bicyclic) bond motifs is 1. The molecule has 8 heteroatoms. The van der Waals surface area contributed by atoms with Gasteiger partial charge in [-0.2, -0.15) is 4.98 Å². The van der Waals surface area contributed by atoms with Crippen molar-refractivity contribution in [2.75, 3.05) is 30.9 Å². The third kappa shape index (κ3) is 8.66. The highest BCUT2D eigenvalue weighted by Gasteiger charge is 2.27. The van der Waals surface area contributed by atoms with Crippen LogP contribution in [-0.4, -0.2) is 53.6 Å². The predicted octanol–water partition coefficient (Wildman–Crippen LogP) is 7.82. The monoisotopic (exact) mass is 637 g/mol. The summed E-state index contributed by atoms with van der Waals surface area (Å²) in [7, 11) is 4.00. The van der Waals surface area contributed by atoms with Crippen molar-refractivity contribution in [1.82, 2.24) is 15.3 Å². The number of amides is 1. The number of carbonyl (C=O) groups is 2. The van der Waals surface area contributed by atoms with Crippen molar-refractivity contribution in [1.29, 1.82) is 0 Å². The average molecular weight is 638 g/mol. The molecule has 4 aromatic rings. The molecule has 1 saturated carbocycles. The van der Waals surface area contributed by atoms with Crippen LogP contribution in [0.5, 0.6) is 0 Å². The van der Waals surface area contributed by atoms with E-state index in [0.717, 1.165) is 52.9 Å². The minimum Gasteiger partial charge on any atom is -0.362 e. The van der Waals surface area contributed by atoms with Crippen LogP contribution >= 0.6 is 11.8 Å². The van der Waals surface area contributed by atoms with Gasteiger partial charge in [0.15, 0.2) is 5.78 Å². The van der Waals surface area contributed by atoms with Crippen LogP contribution in [0.4, 0.5) is 11.8 Å². The van der Waals surface area contributed by atoms with E-state index in [4.69, 9.17) is 9.97 Å². The number of carbonyl (C=O) groups excluding carboxylic acids is 2. The summed E-state index contributed by atoms with van der Waals surface area (Å²) in [6.07, 6.45) is 4.12. The Labute approximate surface area is 278 Å². The smallest absolute Gasteiger partial charge is 0.233 e. The molecular formula is C38H47N5O2S. The number of aromatic nitrogens is 2. The number of nitrogens with one attached hydrogen (secondary N) is 2. The van der Waals surface area contributed by atoms with E-state index >= 15 is 0 Å². The second kappa shape index (κ2) is 14.7. The highest BCUT2D eigenvalue weighted by molar-refractivity contribution is 8.00. The van der Waals surface area contributed by atoms with Gasteiger partial charge in [0.2, 0.25) is 11.9 Å². The van der Waals surface area contributed by atoms with Gasteiger partial charge in [0.25, 0.3) is 0 Å². The Balaban J connectivity index is 1.18. The number of nitrogens with zero attached hydrogens (tertiary/aromatic N) is 3. The molecule has 0 radical (unpaired) electrons. The summed E-state index contributed by atoms with van der Waals surface area (Å²) < 4.78 is 0. The van der Waals surface area contributed by atoms with Crippen LogP contribution in [0.15, 0.2) is 77.7 Å². The van der Waals surface area contributed by atoms with E-state index in [-0.39, 0.29) is 29.6 Å². The van der Waals surface area contributed by atoms with Crippen molar-refractivity contribution < 1.29 is 9.59 Å². The quantitative estimate of drug-likeness (QED) is 0.128. The molecule has 1 aliphatic carbocycles. The number of anilines is 2. The van der Waals surface area contributed by atoms with Gasteiger partial charge in [0, 0.05) is 48.9 Å². The molecule has 7 nitrogen and oxygen atoms in total. The molecule has 1 unspecified atom stereocenters. The lowest BCUT2D eigenvalue weighted by molar-refractivity contribution is -0.120. The molecule has 1 heterocycles. The van der Waals surface area contributed by atoms with Crippen LogP contribution in [0.3, 0.4) is 0 Å². The standard InChI is InChI=1S/C38H47N5O2S/c1-25-11-21-30(22-12-25)46-34(23-33(44)27-15-17-28(18-16-27)38(2,3)4)36(45)39-24-26-13-19-29(20-14-26)40-37-41-32-10-8-7-9-31(32)35(42-37)43(5)6/h7-12,15-18,21-22,26,29,34H,13-14,19-20,23-24H2,1-6H3,(H,39,45)(H,40,41,42). The SMILES string of the molecule is Cc1ccc(SC(CC(=O)c2ccc(C(C)(C)C)cc2)C(=O)NCC2CCC(Nc3nc(N(C)C)c4ccccc4n3)CC2)cc1. The Morgan fingerprint density at radius 3 is 2.24 bits per heavy atom. The second-order valence-corrected chi connectivity index (χ2v) is 15.0. The maximum absolute atomic E-state index is 13.6. The van der Waals surface area contributed by atoms with Gasteiger partial charge in [-0.05, 0) is 73.8 Å². The first-order valence-corrected chi connectivity index (χ1v) is 17.2. The van der Waals surface area contributed by atoms with Gasteiger partial charge < -0.3 is 15.5 Å². The van der Waals surface area contributed by atoms with Crippen molar-refractivity contribution in [3.63, 3.8) is 0 Å². The van der Waals surface area contributed by atoms with E-state index in [1.54, 1.807) is 0 Å². The fourth-order valence-corrected chi connectivity index (χ4v) is 6.98. The largest absolute Gasteiger partial charge is 0.362 e. The molecule has 1 amide bonds. The lowest BCUT2D eigenvalue weighted by Gasteiger charge is -2.30. The average Bonchev–Trinajstić information content (AvgIpc) is 3.04. The minimum absolute atomic E-state index is 0.0138. The van der Waals surface area contributed by atoms with Gasteiger partial charge in [-0.15, -0.1) is 11.8 Å². The van der Waals surface area contributed by atoms with Crippen molar-refractivity contribution in [3.8, 4) is 0 Å². The molecule has 3 aromatic carbocycles. The fraction of sp³-hybridized carbons (Fsp3) is 0.421. The summed E-state index contributed by atoms with van der Waals surface area (Å²) in [5.41, 5.74) is 3.93. The molecule has 46 heavy (non-hydrogen) atoms. The topological polar surface area (TPSA) is 87.2 Å². The summed E-state index contributed by atoms with van der Waals surface area (Å²) in [6, 6.07) is 24.3. The third-order valence-electron chi connectivity index (χ3n) is 8.79. The Hall–Kier alpha value is -3.91. The van der Waals surface area contributed by atoms with Gasteiger partial charge in [-0.25, -0.2) is 4.98 Å². The van der Waals surface area contributed by atoms with Crippen molar-refractivity contribution >= 4 is 46.1 Å². The molecule has 0 bridgehead atoms. The van der Waals surface area contributed by atoms with Gasteiger partial charge >= 0.3 is 0 Å². The zero-order valence-corrected chi connectivity index (χ0v) is 28.8. The molecule has 2 N–H and O–H groups in total. The molecular weight excluding hydrogens is 591 g/mol. The minimum atomic E-state index is -0.508. The maximum Gasteiger partial charge on any atom is 0.233 e. The van der Waals surface area contributed by atoms with E-state index in [9.17, 15) is 9.59 Å². The van der Waals surface area contributed by atoms with Crippen molar-refractivity contribution in [2.45, 2.75) is 81.4 Å². The number of para-hydroxylation sites is 1. The van der Waals surface area contributed by atoms with E-state index < -0.39 is 5.25 Å². The van der Waals surface area contributed by atoms with Crippen LogP contribution < -0.4 is 15.5 Å². The normalized spacial score (nSPS) is 17.3. The van der Waals surface area contributed by atoms with Gasteiger partial charge in [-0.1, -0.05) is 74.9 Å². The number of hydrogen-bond donors (Lipinski definition) is 2. The molecule has 1 atom stereocenters. The number of Topliss-reactive ketones (excluding diaryl/α,β-unsaturated/α-hetero) is 1. The highest BCUT2D eigenvalue weighted by Crippen LogP contribution is 2.30. The van der Waals surface area contributed by atoms with Crippen LogP contribution in [0.1, 0.15) is 74.4 Å². The highest BCUT2D eigenvalue weighted by atomic mass is 32.2. The number of thioether (sulfide) groups is 1. The first kappa shape index (κ1) is 33.5. The lowest BCUT2D eigenvalue weighted by Crippen LogP contribution is -2.39. The summed E-state index contributed by atoms with van der Waals surface area (Å²) >= 11 is 1.47. The lowest BCUT2D eigenvalue weighted by atomic mass is 9.86. The predicted molar refractivity (Wildman–Crippen MR) is 191 cm³/mol.